The van der Waals surface area contributed by atoms with Crippen LogP contribution in [0.1, 0.15) is 46.1 Å². The Kier molecular flexibility index (Phi) is 7.15. The lowest BCUT2D eigenvalue weighted by atomic mass is 10.0. The lowest BCUT2D eigenvalue weighted by Crippen LogP contribution is -2.29. The molecule has 21 heavy (non-hydrogen) atoms. The molecule has 0 saturated carbocycles. The molecule has 2 N–H and O–H groups in total. The number of aliphatic hydroxyl groups is 1. The monoisotopic (exact) mass is 294 g/mol. The van der Waals surface area contributed by atoms with Gasteiger partial charge in [0, 0.05) is 18.8 Å². The van der Waals surface area contributed by atoms with E-state index in [1.165, 1.54) is 0 Å². The molecule has 0 aliphatic carbocycles. The van der Waals surface area contributed by atoms with E-state index in [0.717, 1.165) is 12.0 Å². The Labute approximate surface area is 126 Å². The van der Waals surface area contributed by atoms with Crippen LogP contribution in [-0.2, 0) is 11.3 Å². The van der Waals surface area contributed by atoms with Gasteiger partial charge in [-0.05, 0) is 30.9 Å². The Morgan fingerprint density at radius 1 is 1.43 bits per heavy atom. The number of rotatable bonds is 8. The smallest absolute Gasteiger partial charge is 0.222 e. The predicted octanol–water partition coefficient (Wildman–Crippen LogP) is 2.28. The van der Waals surface area contributed by atoms with Crippen LogP contribution < -0.4 is 10.1 Å². The van der Waals surface area contributed by atoms with Crippen LogP contribution >= 0.6 is 0 Å². The Morgan fingerprint density at radius 3 is 2.76 bits per heavy atom. The highest BCUT2D eigenvalue weighted by Crippen LogP contribution is 2.12. The van der Waals surface area contributed by atoms with Crippen molar-refractivity contribution in [3.63, 3.8) is 0 Å². The lowest BCUT2D eigenvalue weighted by Gasteiger charge is -2.14. The van der Waals surface area contributed by atoms with E-state index in [1.54, 1.807) is 6.20 Å². The van der Waals surface area contributed by atoms with Crippen LogP contribution in [0.4, 0.5) is 0 Å². The summed E-state index contributed by atoms with van der Waals surface area (Å²) >= 11 is 0. The number of nitrogens with one attached hydrogen (secondary N) is 1. The van der Waals surface area contributed by atoms with Crippen LogP contribution in [0.5, 0.6) is 5.88 Å². The van der Waals surface area contributed by atoms with Crippen molar-refractivity contribution in [1.82, 2.24) is 10.3 Å². The predicted molar refractivity (Wildman–Crippen MR) is 81.9 cm³/mol. The molecule has 0 spiro atoms. The summed E-state index contributed by atoms with van der Waals surface area (Å²) in [6.45, 7) is 8.22. The molecule has 0 aromatic carbocycles. The molecule has 5 nitrogen and oxygen atoms in total. The second kappa shape index (κ2) is 8.62. The summed E-state index contributed by atoms with van der Waals surface area (Å²) in [5.74, 6) is 0.489. The van der Waals surface area contributed by atoms with Crippen LogP contribution in [0.2, 0.25) is 0 Å². The molecule has 1 aromatic rings. The van der Waals surface area contributed by atoms with Gasteiger partial charge in [0.15, 0.2) is 0 Å². The molecule has 118 valence electrons. The van der Waals surface area contributed by atoms with Gasteiger partial charge in [-0.25, -0.2) is 4.98 Å². The van der Waals surface area contributed by atoms with Crippen molar-refractivity contribution in [3.8, 4) is 5.88 Å². The summed E-state index contributed by atoms with van der Waals surface area (Å²) < 4.78 is 5.64. The van der Waals surface area contributed by atoms with Crippen LogP contribution in [0.25, 0.3) is 0 Å². The van der Waals surface area contributed by atoms with E-state index in [9.17, 15) is 9.90 Å². The summed E-state index contributed by atoms with van der Waals surface area (Å²) in [5, 5.41) is 12.5. The van der Waals surface area contributed by atoms with Crippen LogP contribution in [0.3, 0.4) is 0 Å². The molecule has 1 heterocycles. The van der Waals surface area contributed by atoms with Crippen molar-refractivity contribution >= 4 is 5.91 Å². The van der Waals surface area contributed by atoms with Crippen molar-refractivity contribution < 1.29 is 14.6 Å². The van der Waals surface area contributed by atoms with Crippen molar-refractivity contribution in [2.45, 2.75) is 59.3 Å². The largest absolute Gasteiger partial charge is 0.475 e. The number of pyridine rings is 1. The van der Waals surface area contributed by atoms with Crippen molar-refractivity contribution in [1.29, 1.82) is 0 Å². The first-order valence-electron chi connectivity index (χ1n) is 7.48. The van der Waals surface area contributed by atoms with Gasteiger partial charge in [0.2, 0.25) is 11.8 Å². The maximum Gasteiger partial charge on any atom is 0.222 e. The average Bonchev–Trinajstić information content (AvgIpc) is 2.45. The number of aliphatic hydroxyl groups excluding tert-OH is 1. The highest BCUT2D eigenvalue weighted by Gasteiger charge is 2.14. The number of carbonyl (C=O) groups is 1. The summed E-state index contributed by atoms with van der Waals surface area (Å²) in [4.78, 5) is 15.9. The number of aromatic nitrogens is 1. The molecule has 0 radical (unpaired) electrons. The van der Waals surface area contributed by atoms with Crippen LogP contribution in [0, 0.1) is 5.92 Å². The third kappa shape index (κ3) is 6.58. The number of hydrogen-bond donors (Lipinski definition) is 2. The fourth-order valence-electron chi connectivity index (χ4n) is 1.61. The van der Waals surface area contributed by atoms with Gasteiger partial charge < -0.3 is 15.2 Å². The van der Waals surface area contributed by atoms with Crippen LogP contribution in [-0.4, -0.2) is 28.2 Å². The van der Waals surface area contributed by atoms with Gasteiger partial charge in [0.05, 0.1) is 18.6 Å². The normalized spacial score (nSPS) is 13.8. The second-order valence-corrected chi connectivity index (χ2v) is 5.63. The summed E-state index contributed by atoms with van der Waals surface area (Å²) in [6.07, 6.45) is 2.21. The number of amides is 1. The zero-order valence-electron chi connectivity index (χ0n) is 13.3. The Hall–Kier alpha value is -1.62. The number of hydrogen-bond acceptors (Lipinski definition) is 4. The number of ether oxygens (including phenoxy) is 1. The Morgan fingerprint density at radius 2 is 2.14 bits per heavy atom. The topological polar surface area (TPSA) is 71.5 Å². The number of carbonyl (C=O) groups excluding carboxylic acids is 1. The Bertz CT molecular complexity index is 449. The van der Waals surface area contributed by atoms with Gasteiger partial charge >= 0.3 is 0 Å². The zero-order chi connectivity index (χ0) is 15.8. The minimum absolute atomic E-state index is 0.0761. The third-order valence-electron chi connectivity index (χ3n) is 3.35. The van der Waals surface area contributed by atoms with Gasteiger partial charge in [-0.3, -0.25) is 4.79 Å². The van der Waals surface area contributed by atoms with Gasteiger partial charge in [-0.15, -0.1) is 0 Å². The van der Waals surface area contributed by atoms with Crippen molar-refractivity contribution in [2.24, 2.45) is 5.92 Å². The molecule has 0 bridgehead atoms. The molecule has 1 amide bonds. The van der Waals surface area contributed by atoms with Gasteiger partial charge in [-0.2, -0.15) is 0 Å². The van der Waals surface area contributed by atoms with Gasteiger partial charge in [0.1, 0.15) is 0 Å². The molecule has 0 fully saturated rings. The van der Waals surface area contributed by atoms with E-state index in [4.69, 9.17) is 4.74 Å². The van der Waals surface area contributed by atoms with Gasteiger partial charge in [0.25, 0.3) is 0 Å². The van der Waals surface area contributed by atoms with E-state index < -0.39 is 6.10 Å². The zero-order valence-corrected chi connectivity index (χ0v) is 13.3. The molecule has 0 aliphatic rings. The highest BCUT2D eigenvalue weighted by molar-refractivity contribution is 5.76. The first kappa shape index (κ1) is 17.4. The van der Waals surface area contributed by atoms with Crippen LogP contribution in [0.15, 0.2) is 18.3 Å². The third-order valence-corrected chi connectivity index (χ3v) is 3.35. The first-order chi connectivity index (χ1) is 9.92. The average molecular weight is 294 g/mol. The van der Waals surface area contributed by atoms with Crippen molar-refractivity contribution in [3.05, 3.63) is 23.9 Å². The summed E-state index contributed by atoms with van der Waals surface area (Å²) in [6, 6.07) is 3.66. The van der Waals surface area contributed by atoms with E-state index in [2.05, 4.69) is 17.2 Å². The maximum absolute atomic E-state index is 11.7. The summed E-state index contributed by atoms with van der Waals surface area (Å²) in [5.41, 5.74) is 0.927. The lowest BCUT2D eigenvalue weighted by molar-refractivity contribution is -0.123. The molecule has 0 aliphatic heterocycles. The molecule has 1 aromatic heterocycles. The maximum atomic E-state index is 11.7. The molecule has 2 unspecified atom stereocenters. The number of nitrogens with zero attached hydrogens (tertiary/aromatic N) is 1. The SMILES string of the molecule is CCC(C)Oc1cc(CNC(=O)CC(O)C(C)C)ccn1. The fourth-order valence-corrected chi connectivity index (χ4v) is 1.61. The highest BCUT2D eigenvalue weighted by atomic mass is 16.5. The minimum atomic E-state index is -0.605. The standard InChI is InChI=1S/C16H26N2O3/c1-5-12(4)21-16-8-13(6-7-17-16)10-18-15(20)9-14(19)11(2)3/h6-8,11-12,14,19H,5,9-10H2,1-4H3,(H,18,20). The van der Waals surface area contributed by atoms with Crippen molar-refractivity contribution in [2.75, 3.05) is 0 Å². The first-order valence-corrected chi connectivity index (χ1v) is 7.48. The van der Waals surface area contributed by atoms with Gasteiger partial charge in [-0.1, -0.05) is 20.8 Å². The summed E-state index contributed by atoms with van der Waals surface area (Å²) in [7, 11) is 0. The minimum Gasteiger partial charge on any atom is -0.475 e. The Balaban J connectivity index is 2.48. The fraction of sp³-hybridized carbons (Fsp3) is 0.625. The molecule has 2 atom stereocenters. The molecule has 5 heteroatoms. The van der Waals surface area contributed by atoms with E-state index in [1.807, 2.05) is 32.9 Å². The van der Waals surface area contributed by atoms with E-state index in [-0.39, 0.29) is 24.3 Å². The van der Waals surface area contributed by atoms with E-state index >= 15 is 0 Å². The second-order valence-electron chi connectivity index (χ2n) is 5.63. The molecule has 1 rings (SSSR count). The molecular weight excluding hydrogens is 268 g/mol. The molecular formula is C16H26N2O3. The quantitative estimate of drug-likeness (QED) is 0.771. The molecule has 0 saturated heterocycles. The van der Waals surface area contributed by atoms with E-state index in [0.29, 0.717) is 12.4 Å².